The van der Waals surface area contributed by atoms with E-state index in [1.807, 2.05) is 46.2 Å². The lowest BCUT2D eigenvalue weighted by Crippen LogP contribution is -2.02. The van der Waals surface area contributed by atoms with Crippen molar-refractivity contribution < 1.29 is 14.2 Å². The summed E-state index contributed by atoms with van der Waals surface area (Å²) in [6.07, 6.45) is 23.6. The SMILES string of the molecule is C(=C\c1cc(OCCCCCC2CCSS2)cc(OCCCCCC2CCSS2)c1)/c1ccc(OCCCCCC2CCSS2)cc1.CC. The van der Waals surface area contributed by atoms with Gasteiger partial charge in [0.2, 0.25) is 0 Å². The fraction of sp³-hybridized carbons (Fsp3) is 0.650. The van der Waals surface area contributed by atoms with Gasteiger partial charge < -0.3 is 14.2 Å². The quantitative estimate of drug-likeness (QED) is 0.0621. The third kappa shape index (κ3) is 17.8. The number of benzene rings is 2. The highest BCUT2D eigenvalue weighted by atomic mass is 33.1. The summed E-state index contributed by atoms with van der Waals surface area (Å²) in [6, 6.07) is 14.8. The minimum absolute atomic E-state index is 0.761. The maximum atomic E-state index is 6.27. The predicted molar refractivity (Wildman–Crippen MR) is 230 cm³/mol. The summed E-state index contributed by atoms with van der Waals surface area (Å²) >= 11 is 0. The number of hydrogen-bond acceptors (Lipinski definition) is 9. The maximum Gasteiger partial charge on any atom is 0.123 e. The van der Waals surface area contributed by atoms with Crippen molar-refractivity contribution in [1.82, 2.24) is 0 Å². The van der Waals surface area contributed by atoms with Gasteiger partial charge in [-0.1, -0.05) is 141 Å². The van der Waals surface area contributed by atoms with E-state index >= 15 is 0 Å². The van der Waals surface area contributed by atoms with E-state index in [4.69, 9.17) is 14.2 Å². The first-order valence-corrected chi connectivity index (χ1v) is 26.1. The number of ether oxygens (including phenoxy) is 3. The number of unbranched alkanes of at least 4 members (excludes halogenated alkanes) is 6. The van der Waals surface area contributed by atoms with Crippen LogP contribution in [0.3, 0.4) is 0 Å². The molecule has 274 valence electrons. The fourth-order valence-corrected chi connectivity index (χ4v) is 15.0. The van der Waals surface area contributed by atoms with Crippen LogP contribution in [0.1, 0.15) is 121 Å². The molecule has 0 aromatic heterocycles. The molecule has 0 spiro atoms. The second-order valence-electron chi connectivity index (χ2n) is 12.7. The van der Waals surface area contributed by atoms with Crippen LogP contribution in [-0.4, -0.2) is 52.8 Å². The van der Waals surface area contributed by atoms with Gasteiger partial charge in [0.15, 0.2) is 0 Å². The average Bonchev–Trinajstić information content (AvgIpc) is 3.95. The minimum Gasteiger partial charge on any atom is -0.494 e. The van der Waals surface area contributed by atoms with Crippen molar-refractivity contribution in [2.24, 2.45) is 0 Å². The van der Waals surface area contributed by atoms with Crippen molar-refractivity contribution in [2.45, 2.75) is 126 Å². The molecule has 49 heavy (non-hydrogen) atoms. The molecule has 3 unspecified atom stereocenters. The van der Waals surface area contributed by atoms with E-state index in [0.29, 0.717) is 0 Å². The zero-order valence-corrected chi connectivity index (χ0v) is 34.9. The summed E-state index contributed by atoms with van der Waals surface area (Å²) in [7, 11) is 12.4. The molecule has 2 aromatic rings. The van der Waals surface area contributed by atoms with Crippen LogP contribution in [0.2, 0.25) is 0 Å². The standard InChI is InChI=1S/C38H54O3S6.C2H6/c1(4-10-36-19-25-42-45-36)7-22-39-33-17-15-31(16-18-33)13-14-32-28-34(40-23-8-2-5-11-37-20-26-43-46-37)30-35(29-32)41-24-9-3-6-12-38-21-27-44-47-38;1-2/h13-18,28-30,36-38H,1-12,19-27H2;1-2H3/b14-13+;. The molecule has 0 saturated carbocycles. The van der Waals surface area contributed by atoms with Crippen molar-refractivity contribution >= 4 is 76.9 Å². The van der Waals surface area contributed by atoms with Crippen molar-refractivity contribution in [1.29, 1.82) is 0 Å². The highest BCUT2D eigenvalue weighted by Crippen LogP contribution is 2.41. The predicted octanol–water partition coefficient (Wildman–Crippen LogP) is 14.2. The third-order valence-electron chi connectivity index (χ3n) is 8.75. The van der Waals surface area contributed by atoms with Crippen molar-refractivity contribution in [3.63, 3.8) is 0 Å². The van der Waals surface area contributed by atoms with Gasteiger partial charge in [0.25, 0.3) is 0 Å². The largest absolute Gasteiger partial charge is 0.494 e. The summed E-state index contributed by atoms with van der Waals surface area (Å²) in [6.45, 7) is 6.32. The van der Waals surface area contributed by atoms with Crippen LogP contribution in [0.25, 0.3) is 12.2 Å². The Bertz CT molecular complexity index is 1100. The summed E-state index contributed by atoms with van der Waals surface area (Å²) in [4.78, 5) is 0. The minimum atomic E-state index is 0.761. The molecule has 3 saturated heterocycles. The Labute approximate surface area is 322 Å². The average molecular weight is 781 g/mol. The fourth-order valence-electron chi connectivity index (χ4n) is 5.94. The lowest BCUT2D eigenvalue weighted by atomic mass is 10.1. The smallest absolute Gasteiger partial charge is 0.123 e. The highest BCUT2D eigenvalue weighted by Gasteiger charge is 2.17. The Morgan fingerprint density at radius 2 is 0.898 bits per heavy atom. The molecule has 3 heterocycles. The third-order valence-corrected chi connectivity index (χ3v) is 17.8. The first-order chi connectivity index (χ1) is 24.3. The Balaban J connectivity index is 0.00000265. The molecule has 3 nitrogen and oxygen atoms in total. The normalized spacial score (nSPS) is 20.4. The molecule has 5 rings (SSSR count). The van der Waals surface area contributed by atoms with Gasteiger partial charge in [0, 0.05) is 39.1 Å². The summed E-state index contributed by atoms with van der Waals surface area (Å²) in [5.74, 6) is 6.75. The van der Waals surface area contributed by atoms with E-state index in [-0.39, 0.29) is 0 Å². The molecule has 0 bridgehead atoms. The molecule has 2 aromatic carbocycles. The molecule has 3 aliphatic heterocycles. The lowest BCUT2D eigenvalue weighted by molar-refractivity contribution is 0.290. The second-order valence-corrected chi connectivity index (χ2v) is 21.1. The van der Waals surface area contributed by atoms with Crippen LogP contribution in [0.4, 0.5) is 0 Å². The first-order valence-electron chi connectivity index (χ1n) is 19.0. The van der Waals surface area contributed by atoms with Crippen LogP contribution in [-0.2, 0) is 0 Å². The molecule has 3 fully saturated rings. The molecular weight excluding hydrogens is 721 g/mol. The van der Waals surface area contributed by atoms with E-state index in [9.17, 15) is 0 Å². The molecule has 9 heteroatoms. The Morgan fingerprint density at radius 1 is 0.490 bits per heavy atom. The molecular formula is C40H60O3S6. The summed E-state index contributed by atoms with van der Waals surface area (Å²) in [5.41, 5.74) is 2.27. The van der Waals surface area contributed by atoms with Gasteiger partial charge in [0.1, 0.15) is 17.2 Å². The van der Waals surface area contributed by atoms with Crippen molar-refractivity contribution in [3.05, 3.63) is 53.6 Å². The second kappa shape index (κ2) is 26.4. The summed E-state index contributed by atoms with van der Waals surface area (Å²) < 4.78 is 18.6. The van der Waals surface area contributed by atoms with E-state index in [1.165, 1.54) is 94.3 Å². The highest BCUT2D eigenvalue weighted by molar-refractivity contribution is 8.78. The number of rotatable bonds is 23. The molecule has 0 aliphatic carbocycles. The van der Waals surface area contributed by atoms with Gasteiger partial charge in [-0.05, 0) is 93.2 Å². The van der Waals surface area contributed by atoms with Gasteiger partial charge in [0.05, 0.1) is 19.8 Å². The van der Waals surface area contributed by atoms with Gasteiger partial charge in [-0.3, -0.25) is 0 Å². The molecule has 3 atom stereocenters. The van der Waals surface area contributed by atoms with Gasteiger partial charge >= 0.3 is 0 Å². The molecule has 0 amide bonds. The molecule has 3 aliphatic rings. The van der Waals surface area contributed by atoms with Gasteiger partial charge in [-0.2, -0.15) is 0 Å². The zero-order valence-electron chi connectivity index (χ0n) is 30.0. The molecule has 0 radical (unpaired) electrons. The Morgan fingerprint density at radius 3 is 1.31 bits per heavy atom. The maximum absolute atomic E-state index is 6.27. The Kier molecular flexibility index (Phi) is 22.4. The number of hydrogen-bond donors (Lipinski definition) is 0. The first kappa shape index (κ1) is 41.4. The lowest BCUT2D eigenvalue weighted by Gasteiger charge is -2.12. The van der Waals surface area contributed by atoms with Crippen molar-refractivity contribution in [3.8, 4) is 17.2 Å². The topological polar surface area (TPSA) is 27.7 Å². The van der Waals surface area contributed by atoms with Gasteiger partial charge in [-0.25, -0.2) is 0 Å². The van der Waals surface area contributed by atoms with Crippen LogP contribution in [0.5, 0.6) is 17.2 Å². The van der Waals surface area contributed by atoms with E-state index in [0.717, 1.165) is 83.2 Å². The van der Waals surface area contributed by atoms with Crippen LogP contribution < -0.4 is 14.2 Å². The van der Waals surface area contributed by atoms with E-state index in [2.05, 4.69) is 87.0 Å². The van der Waals surface area contributed by atoms with Crippen LogP contribution in [0, 0.1) is 0 Å². The van der Waals surface area contributed by atoms with E-state index in [1.54, 1.807) is 0 Å². The Hall–Kier alpha value is -0.320. The van der Waals surface area contributed by atoms with E-state index < -0.39 is 0 Å². The van der Waals surface area contributed by atoms with Crippen LogP contribution in [0.15, 0.2) is 42.5 Å². The molecule has 0 N–H and O–H groups in total. The summed E-state index contributed by atoms with van der Waals surface area (Å²) in [5, 5.41) is 2.62. The van der Waals surface area contributed by atoms with Crippen molar-refractivity contribution in [2.75, 3.05) is 37.1 Å². The van der Waals surface area contributed by atoms with Gasteiger partial charge in [-0.15, -0.1) is 0 Å². The van der Waals surface area contributed by atoms with Crippen LogP contribution >= 0.6 is 64.8 Å². The zero-order chi connectivity index (χ0) is 34.2. The monoisotopic (exact) mass is 780 g/mol.